The van der Waals surface area contributed by atoms with E-state index in [4.69, 9.17) is 24.4 Å². The van der Waals surface area contributed by atoms with E-state index in [-0.39, 0.29) is 30.1 Å². The van der Waals surface area contributed by atoms with E-state index in [0.717, 1.165) is 11.1 Å². The molecule has 3 aliphatic rings. The van der Waals surface area contributed by atoms with Crippen molar-refractivity contribution in [1.29, 1.82) is 0 Å². The summed E-state index contributed by atoms with van der Waals surface area (Å²) in [6, 6.07) is 0. The Kier molecular flexibility index (Phi) is 6.60. The van der Waals surface area contributed by atoms with Gasteiger partial charge in [0.15, 0.2) is 11.9 Å². The smallest absolute Gasteiger partial charge is 0.312 e. The maximum absolute atomic E-state index is 12.0. The summed E-state index contributed by atoms with van der Waals surface area (Å²) >= 11 is 0. The Labute approximate surface area is 165 Å². The zero-order chi connectivity index (χ0) is 21.4. The van der Waals surface area contributed by atoms with Crippen LogP contribution in [0, 0.1) is 11.8 Å². The molecule has 0 amide bonds. The van der Waals surface area contributed by atoms with Crippen LogP contribution in [0.5, 0.6) is 0 Å². The molecule has 6 atom stereocenters. The molecule has 8 nitrogen and oxygen atoms in total. The third-order valence-corrected chi connectivity index (χ3v) is 5.76. The van der Waals surface area contributed by atoms with Gasteiger partial charge in [0, 0.05) is 20.0 Å². The molecule has 1 saturated heterocycles. The molecule has 160 valence electrons. The zero-order valence-corrected chi connectivity index (χ0v) is 17.4. The zero-order valence-electron chi connectivity index (χ0n) is 17.4. The molecule has 3 rings (SSSR count). The van der Waals surface area contributed by atoms with Crippen molar-refractivity contribution in [3.63, 3.8) is 0 Å². The van der Waals surface area contributed by atoms with Crippen LogP contribution in [0.15, 0.2) is 11.1 Å². The highest BCUT2D eigenvalue weighted by Crippen LogP contribution is 2.51. The second kappa shape index (κ2) is 8.10. The van der Waals surface area contributed by atoms with Crippen LogP contribution in [0.25, 0.3) is 0 Å². The lowest BCUT2D eigenvalue weighted by Crippen LogP contribution is -2.43. The lowest BCUT2D eigenvalue weighted by molar-refractivity contribution is -0.150. The molecule has 0 aromatic heterocycles. The van der Waals surface area contributed by atoms with Crippen molar-refractivity contribution >= 4 is 11.9 Å². The maximum atomic E-state index is 12.0. The van der Waals surface area contributed by atoms with Gasteiger partial charge in [-0.3, -0.25) is 9.59 Å². The standard InChI is InChI=1S/C17H24O6.C3H8O2/c1-8-13(21-4)7-11-12(22-10(3)18)5-6-17(20)9(2)16(19)23-15(17)14(8)11;1-3(2,4)5/h9,11-13,15,20H,5-7H2,1-4H3;4-5H,1-2H3. The molecular formula is C20H32O8. The molecule has 0 spiro atoms. The van der Waals surface area contributed by atoms with Crippen molar-refractivity contribution in [2.24, 2.45) is 11.8 Å². The number of hydrogen-bond acceptors (Lipinski definition) is 8. The number of carbonyl (C=O) groups excluding carboxylic acids is 2. The first-order chi connectivity index (χ1) is 12.8. The van der Waals surface area contributed by atoms with Gasteiger partial charge in [-0.1, -0.05) is 0 Å². The predicted octanol–water partition coefficient (Wildman–Crippen LogP) is 1.06. The van der Waals surface area contributed by atoms with Crippen LogP contribution in [0.3, 0.4) is 0 Å². The molecular weight excluding hydrogens is 368 g/mol. The molecule has 0 bridgehead atoms. The van der Waals surface area contributed by atoms with Crippen molar-refractivity contribution < 1.29 is 39.1 Å². The van der Waals surface area contributed by atoms with Gasteiger partial charge in [-0.25, -0.2) is 0 Å². The molecule has 8 heteroatoms. The van der Waals surface area contributed by atoms with E-state index in [1.54, 1.807) is 14.0 Å². The summed E-state index contributed by atoms with van der Waals surface area (Å²) in [4.78, 5) is 23.5. The maximum Gasteiger partial charge on any atom is 0.312 e. The molecule has 2 fully saturated rings. The molecule has 28 heavy (non-hydrogen) atoms. The third-order valence-electron chi connectivity index (χ3n) is 5.76. The number of rotatable bonds is 2. The minimum absolute atomic E-state index is 0.0824. The lowest BCUT2D eigenvalue weighted by Gasteiger charge is -2.30. The fraction of sp³-hybridized carbons (Fsp3) is 0.800. The Morgan fingerprint density at radius 3 is 2.39 bits per heavy atom. The van der Waals surface area contributed by atoms with Crippen LogP contribution in [-0.2, 0) is 23.8 Å². The van der Waals surface area contributed by atoms with Gasteiger partial charge < -0.3 is 29.5 Å². The summed E-state index contributed by atoms with van der Waals surface area (Å²) in [6.45, 7) is 7.63. The minimum Gasteiger partial charge on any atom is -0.462 e. The second-order valence-electron chi connectivity index (χ2n) is 8.42. The first-order valence-electron chi connectivity index (χ1n) is 9.57. The topological polar surface area (TPSA) is 123 Å². The van der Waals surface area contributed by atoms with E-state index in [0.29, 0.717) is 19.3 Å². The van der Waals surface area contributed by atoms with Gasteiger partial charge in [-0.2, -0.15) is 0 Å². The lowest BCUT2D eigenvalue weighted by atomic mass is 9.80. The summed E-state index contributed by atoms with van der Waals surface area (Å²) in [5.41, 5.74) is 0.603. The average molecular weight is 400 g/mol. The van der Waals surface area contributed by atoms with Crippen molar-refractivity contribution in [3.05, 3.63) is 11.1 Å². The molecule has 2 aliphatic carbocycles. The Bertz CT molecular complexity index is 643. The third kappa shape index (κ3) is 4.56. The van der Waals surface area contributed by atoms with Gasteiger partial charge in [0.1, 0.15) is 11.7 Å². The fourth-order valence-corrected chi connectivity index (χ4v) is 4.40. The van der Waals surface area contributed by atoms with Crippen LogP contribution in [0.1, 0.15) is 53.9 Å². The molecule has 3 N–H and O–H groups in total. The van der Waals surface area contributed by atoms with Crippen LogP contribution in [0.4, 0.5) is 0 Å². The fourth-order valence-electron chi connectivity index (χ4n) is 4.40. The van der Waals surface area contributed by atoms with Crippen molar-refractivity contribution in [1.82, 2.24) is 0 Å². The SMILES string of the molecule is CC(C)(O)O.COC1CC2C(=C1C)C1OC(=O)C(C)C1(O)CCC2OC(C)=O. The molecule has 6 unspecified atom stereocenters. The first kappa shape index (κ1) is 22.8. The van der Waals surface area contributed by atoms with Crippen molar-refractivity contribution in [3.8, 4) is 0 Å². The monoisotopic (exact) mass is 400 g/mol. The Morgan fingerprint density at radius 2 is 1.89 bits per heavy atom. The number of carbonyl (C=O) groups is 2. The van der Waals surface area contributed by atoms with Gasteiger partial charge in [-0.05, 0) is 58.1 Å². The predicted molar refractivity (Wildman–Crippen MR) is 98.9 cm³/mol. The quantitative estimate of drug-likeness (QED) is 0.357. The van der Waals surface area contributed by atoms with Crippen LogP contribution in [0.2, 0.25) is 0 Å². The van der Waals surface area contributed by atoms with E-state index >= 15 is 0 Å². The number of hydrogen-bond donors (Lipinski definition) is 3. The minimum atomic E-state index is -1.50. The van der Waals surface area contributed by atoms with Gasteiger partial charge in [0.05, 0.1) is 12.0 Å². The first-order valence-corrected chi connectivity index (χ1v) is 9.57. The number of methoxy groups -OCH3 is 1. The Balaban J connectivity index is 0.000000500. The molecule has 0 aromatic carbocycles. The summed E-state index contributed by atoms with van der Waals surface area (Å²) in [5.74, 6) is -2.88. The van der Waals surface area contributed by atoms with E-state index in [1.807, 2.05) is 6.92 Å². The van der Waals surface area contributed by atoms with E-state index in [9.17, 15) is 14.7 Å². The number of aliphatic hydroxyl groups is 3. The highest BCUT2D eigenvalue weighted by atomic mass is 16.6. The van der Waals surface area contributed by atoms with Crippen molar-refractivity contribution in [2.75, 3.05) is 7.11 Å². The number of esters is 2. The largest absolute Gasteiger partial charge is 0.462 e. The highest BCUT2D eigenvalue weighted by Gasteiger charge is 2.60. The Morgan fingerprint density at radius 1 is 1.32 bits per heavy atom. The molecule has 1 saturated carbocycles. The highest BCUT2D eigenvalue weighted by molar-refractivity contribution is 5.77. The van der Waals surface area contributed by atoms with Crippen LogP contribution >= 0.6 is 0 Å². The summed E-state index contributed by atoms with van der Waals surface area (Å²) in [5, 5.41) is 27.3. The van der Waals surface area contributed by atoms with Crippen LogP contribution < -0.4 is 0 Å². The van der Waals surface area contributed by atoms with E-state index in [2.05, 4.69) is 0 Å². The summed E-state index contributed by atoms with van der Waals surface area (Å²) in [7, 11) is 1.64. The van der Waals surface area contributed by atoms with E-state index < -0.39 is 23.4 Å². The normalized spacial score (nSPS) is 37.3. The summed E-state index contributed by atoms with van der Waals surface area (Å²) in [6.07, 6.45) is 0.450. The molecule has 1 aliphatic heterocycles. The number of fused-ring (bicyclic) bond motifs is 3. The average Bonchev–Trinajstić information content (AvgIpc) is 2.95. The van der Waals surface area contributed by atoms with Gasteiger partial charge in [0.2, 0.25) is 0 Å². The van der Waals surface area contributed by atoms with Gasteiger partial charge in [-0.15, -0.1) is 0 Å². The number of ether oxygens (including phenoxy) is 3. The second-order valence-corrected chi connectivity index (χ2v) is 8.42. The van der Waals surface area contributed by atoms with E-state index in [1.165, 1.54) is 20.8 Å². The van der Waals surface area contributed by atoms with Gasteiger partial charge >= 0.3 is 11.9 Å². The Hall–Kier alpha value is -1.48. The molecule has 1 heterocycles. The van der Waals surface area contributed by atoms with Gasteiger partial charge in [0.25, 0.3) is 0 Å². The molecule has 0 radical (unpaired) electrons. The molecule has 0 aromatic rings. The summed E-state index contributed by atoms with van der Waals surface area (Å²) < 4.78 is 16.6. The van der Waals surface area contributed by atoms with Crippen LogP contribution in [-0.4, -0.2) is 64.1 Å². The van der Waals surface area contributed by atoms with Crippen molar-refractivity contribution in [2.45, 2.75) is 83.6 Å².